The van der Waals surface area contributed by atoms with E-state index in [1.807, 2.05) is 37.4 Å². The van der Waals surface area contributed by atoms with Gasteiger partial charge in [0.05, 0.1) is 25.2 Å². The van der Waals surface area contributed by atoms with Gasteiger partial charge in [0, 0.05) is 20.5 Å². The summed E-state index contributed by atoms with van der Waals surface area (Å²) in [4.78, 5) is 39.1. The third kappa shape index (κ3) is 7.80. The van der Waals surface area contributed by atoms with Crippen molar-refractivity contribution < 1.29 is 23.5 Å². The minimum atomic E-state index is -0.551. The maximum Gasteiger partial charge on any atom is 0.414 e. The predicted octanol–water partition coefficient (Wildman–Crippen LogP) is 4.34. The van der Waals surface area contributed by atoms with Gasteiger partial charge in [-0.1, -0.05) is 56.2 Å². The minimum absolute atomic E-state index is 0.0706. The van der Waals surface area contributed by atoms with Crippen LogP contribution in [0, 0.1) is 11.7 Å². The van der Waals surface area contributed by atoms with Crippen LogP contribution >= 0.6 is 0 Å². The number of hydrogen-bond acceptors (Lipinski definition) is 4. The largest absolute Gasteiger partial charge is 0.442 e. The SMILES string of the molecule is CCCC(CCN(C)C(=O)Cc1ccccc1)Cc1ccc(N2CC(CNC(C)=O)OC2=O)cc1F. The van der Waals surface area contributed by atoms with E-state index in [9.17, 15) is 14.4 Å². The number of nitrogens with zero attached hydrogens (tertiary/aromatic N) is 2. The lowest BCUT2D eigenvalue weighted by Crippen LogP contribution is -2.33. The summed E-state index contributed by atoms with van der Waals surface area (Å²) in [5, 5.41) is 2.63. The van der Waals surface area contributed by atoms with E-state index >= 15 is 4.39 Å². The molecule has 194 valence electrons. The van der Waals surface area contributed by atoms with Crippen molar-refractivity contribution in [2.75, 3.05) is 31.6 Å². The summed E-state index contributed by atoms with van der Waals surface area (Å²) in [6.45, 7) is 4.59. The normalized spacial score (nSPS) is 15.9. The molecule has 0 bridgehead atoms. The lowest BCUT2D eigenvalue weighted by Gasteiger charge is -2.22. The number of hydrogen-bond donors (Lipinski definition) is 1. The van der Waals surface area contributed by atoms with E-state index in [0.29, 0.717) is 30.6 Å². The number of carbonyl (C=O) groups is 3. The average Bonchev–Trinajstić information content (AvgIpc) is 3.23. The molecule has 0 saturated carbocycles. The highest BCUT2D eigenvalue weighted by Gasteiger charge is 2.32. The van der Waals surface area contributed by atoms with Crippen LogP contribution in [-0.4, -0.2) is 55.6 Å². The molecule has 0 aliphatic carbocycles. The number of rotatable bonds is 12. The Bertz CT molecular complexity index is 1050. The number of amides is 3. The van der Waals surface area contributed by atoms with Gasteiger partial charge in [-0.3, -0.25) is 14.5 Å². The van der Waals surface area contributed by atoms with Gasteiger partial charge in [-0.2, -0.15) is 0 Å². The first-order chi connectivity index (χ1) is 17.3. The van der Waals surface area contributed by atoms with E-state index in [1.54, 1.807) is 17.0 Å². The summed E-state index contributed by atoms with van der Waals surface area (Å²) in [5.74, 6) is -0.254. The summed E-state index contributed by atoms with van der Waals surface area (Å²) in [6, 6.07) is 14.5. The molecule has 3 rings (SSSR count). The third-order valence-corrected chi connectivity index (χ3v) is 6.50. The molecule has 1 saturated heterocycles. The Kier molecular flexibility index (Phi) is 9.85. The summed E-state index contributed by atoms with van der Waals surface area (Å²) >= 11 is 0. The molecule has 2 aromatic rings. The fourth-order valence-corrected chi connectivity index (χ4v) is 4.44. The quantitative estimate of drug-likeness (QED) is 0.473. The van der Waals surface area contributed by atoms with Crippen LogP contribution in [0.5, 0.6) is 0 Å². The van der Waals surface area contributed by atoms with E-state index < -0.39 is 12.2 Å². The van der Waals surface area contributed by atoms with E-state index in [1.165, 1.54) is 17.9 Å². The molecule has 1 aliphatic heterocycles. The van der Waals surface area contributed by atoms with Crippen LogP contribution in [0.4, 0.5) is 14.9 Å². The summed E-state index contributed by atoms with van der Waals surface area (Å²) < 4.78 is 20.3. The van der Waals surface area contributed by atoms with Crippen molar-refractivity contribution >= 4 is 23.6 Å². The Hall–Kier alpha value is -3.42. The minimum Gasteiger partial charge on any atom is -0.442 e. The van der Waals surface area contributed by atoms with Crippen LogP contribution in [0.2, 0.25) is 0 Å². The Morgan fingerprint density at radius 2 is 1.94 bits per heavy atom. The van der Waals surface area contributed by atoms with Gasteiger partial charge in [0.1, 0.15) is 11.9 Å². The standard InChI is InChI=1S/C28H36FN3O4/c1-4-8-21(13-14-31(3)27(34)16-22-9-6-5-7-10-22)15-23-11-12-24(17-26(23)29)32-19-25(36-28(32)35)18-30-20(2)33/h5-7,9-12,17,21,25H,4,8,13-16,18-19H2,1-3H3,(H,30,33). The zero-order valence-electron chi connectivity index (χ0n) is 21.3. The second-order valence-electron chi connectivity index (χ2n) is 9.45. The van der Waals surface area contributed by atoms with Crippen LogP contribution in [0.1, 0.15) is 44.2 Å². The van der Waals surface area contributed by atoms with Gasteiger partial charge in [0.25, 0.3) is 0 Å². The zero-order chi connectivity index (χ0) is 26.1. The van der Waals surface area contributed by atoms with Crippen LogP contribution in [0.3, 0.4) is 0 Å². The first kappa shape index (κ1) is 27.2. The Balaban J connectivity index is 1.56. The number of ether oxygens (including phenoxy) is 1. The molecule has 0 radical (unpaired) electrons. The Morgan fingerprint density at radius 3 is 2.61 bits per heavy atom. The first-order valence-corrected chi connectivity index (χ1v) is 12.6. The average molecular weight is 498 g/mol. The topological polar surface area (TPSA) is 79.0 Å². The number of anilines is 1. The number of carbonyl (C=O) groups excluding carboxylic acids is 3. The van der Waals surface area contributed by atoms with Crippen LogP contribution in [0.25, 0.3) is 0 Å². The number of nitrogens with one attached hydrogen (secondary N) is 1. The lowest BCUT2D eigenvalue weighted by atomic mass is 9.91. The molecule has 0 spiro atoms. The number of benzene rings is 2. The maximum absolute atomic E-state index is 15.1. The number of halogens is 1. The summed E-state index contributed by atoms with van der Waals surface area (Å²) in [7, 11) is 1.82. The highest BCUT2D eigenvalue weighted by Crippen LogP contribution is 2.26. The van der Waals surface area contributed by atoms with Crippen molar-refractivity contribution in [2.24, 2.45) is 5.92 Å². The Morgan fingerprint density at radius 1 is 1.19 bits per heavy atom. The zero-order valence-corrected chi connectivity index (χ0v) is 21.3. The smallest absolute Gasteiger partial charge is 0.414 e. The third-order valence-electron chi connectivity index (χ3n) is 6.50. The van der Waals surface area contributed by atoms with Gasteiger partial charge >= 0.3 is 6.09 Å². The summed E-state index contributed by atoms with van der Waals surface area (Å²) in [5.41, 5.74) is 2.02. The van der Waals surface area contributed by atoms with E-state index in [-0.39, 0.29) is 36.6 Å². The number of cyclic esters (lactones) is 1. The highest BCUT2D eigenvalue weighted by atomic mass is 19.1. The monoisotopic (exact) mass is 497 g/mol. The Labute approximate surface area is 212 Å². The molecule has 1 fully saturated rings. The molecule has 3 amide bonds. The highest BCUT2D eigenvalue weighted by molar-refractivity contribution is 5.89. The van der Waals surface area contributed by atoms with Crippen molar-refractivity contribution in [1.82, 2.24) is 10.2 Å². The van der Waals surface area contributed by atoms with Gasteiger partial charge < -0.3 is 15.0 Å². The van der Waals surface area contributed by atoms with Gasteiger partial charge in [0.15, 0.2) is 0 Å². The van der Waals surface area contributed by atoms with Crippen LogP contribution in [-0.2, 0) is 27.2 Å². The van der Waals surface area contributed by atoms with Crippen molar-refractivity contribution in [3.8, 4) is 0 Å². The fraction of sp³-hybridized carbons (Fsp3) is 0.464. The molecule has 36 heavy (non-hydrogen) atoms. The van der Waals surface area contributed by atoms with E-state index in [2.05, 4.69) is 12.2 Å². The molecule has 1 heterocycles. The molecule has 0 aromatic heterocycles. The van der Waals surface area contributed by atoms with E-state index in [4.69, 9.17) is 4.74 Å². The molecule has 2 unspecified atom stereocenters. The lowest BCUT2D eigenvalue weighted by molar-refractivity contribution is -0.129. The molecular weight excluding hydrogens is 461 g/mol. The molecule has 7 nitrogen and oxygen atoms in total. The van der Waals surface area contributed by atoms with Crippen molar-refractivity contribution in [1.29, 1.82) is 0 Å². The van der Waals surface area contributed by atoms with E-state index in [0.717, 1.165) is 24.8 Å². The van der Waals surface area contributed by atoms with Gasteiger partial charge in [-0.15, -0.1) is 0 Å². The molecular formula is C28H36FN3O4. The maximum atomic E-state index is 15.1. The fourth-order valence-electron chi connectivity index (χ4n) is 4.44. The van der Waals surface area contributed by atoms with Gasteiger partial charge in [0.2, 0.25) is 11.8 Å². The van der Waals surface area contributed by atoms with Crippen molar-refractivity contribution in [3.05, 3.63) is 65.5 Å². The molecule has 1 aliphatic rings. The second kappa shape index (κ2) is 13.0. The first-order valence-electron chi connectivity index (χ1n) is 12.6. The molecule has 2 aromatic carbocycles. The van der Waals surface area contributed by atoms with Gasteiger partial charge in [-0.25, -0.2) is 9.18 Å². The van der Waals surface area contributed by atoms with Crippen molar-refractivity contribution in [3.63, 3.8) is 0 Å². The number of likely N-dealkylation sites (N-methyl/N-ethyl adjacent to an activating group) is 1. The van der Waals surface area contributed by atoms with Crippen molar-refractivity contribution in [2.45, 2.75) is 52.1 Å². The molecule has 2 atom stereocenters. The molecule has 1 N–H and O–H groups in total. The second-order valence-corrected chi connectivity index (χ2v) is 9.45. The van der Waals surface area contributed by atoms with Gasteiger partial charge in [-0.05, 0) is 42.0 Å². The predicted molar refractivity (Wildman–Crippen MR) is 137 cm³/mol. The molecule has 8 heteroatoms. The summed E-state index contributed by atoms with van der Waals surface area (Å²) in [6.07, 6.45) is 2.61. The van der Waals surface area contributed by atoms with Crippen LogP contribution < -0.4 is 10.2 Å². The van der Waals surface area contributed by atoms with Crippen LogP contribution in [0.15, 0.2) is 48.5 Å².